The predicted octanol–water partition coefficient (Wildman–Crippen LogP) is 3.20. The molecule has 0 fully saturated rings. The van der Waals surface area contributed by atoms with Crippen molar-refractivity contribution in [1.82, 2.24) is 10.6 Å². The van der Waals surface area contributed by atoms with Gasteiger partial charge in [0.25, 0.3) is 0 Å². The summed E-state index contributed by atoms with van der Waals surface area (Å²) in [7, 11) is 0. The van der Waals surface area contributed by atoms with E-state index in [2.05, 4.69) is 17.6 Å². The Morgan fingerprint density at radius 3 is 2.81 bits per heavy atom. The summed E-state index contributed by atoms with van der Waals surface area (Å²) in [6.45, 7) is 4.22. The van der Waals surface area contributed by atoms with E-state index >= 15 is 0 Å². The molecule has 2 unspecified atom stereocenters. The van der Waals surface area contributed by atoms with Crippen LogP contribution < -0.4 is 10.6 Å². The molecule has 0 spiro atoms. The van der Waals surface area contributed by atoms with Crippen LogP contribution in [-0.4, -0.2) is 35.2 Å². The van der Waals surface area contributed by atoms with E-state index in [1.54, 1.807) is 24.3 Å². The number of thioether (sulfide) groups is 1. The highest BCUT2D eigenvalue weighted by molar-refractivity contribution is 7.99. The lowest BCUT2D eigenvalue weighted by atomic mass is 10.1. The molecule has 0 aliphatic carbocycles. The van der Waals surface area contributed by atoms with Crippen molar-refractivity contribution in [3.05, 3.63) is 34.9 Å². The van der Waals surface area contributed by atoms with Crippen LogP contribution in [0.5, 0.6) is 0 Å². The number of carbonyl (C=O) groups excluding carboxylic acids is 1. The van der Waals surface area contributed by atoms with E-state index in [4.69, 9.17) is 11.6 Å². The smallest absolute Gasteiger partial charge is 0.315 e. The minimum Gasteiger partial charge on any atom is -0.387 e. The highest BCUT2D eigenvalue weighted by atomic mass is 35.5. The van der Waals surface area contributed by atoms with Gasteiger partial charge in [0.15, 0.2) is 0 Å². The number of amides is 2. The third-order valence-corrected chi connectivity index (χ3v) is 4.27. The minimum absolute atomic E-state index is 0.113. The number of urea groups is 1. The molecule has 1 aromatic rings. The molecule has 1 rings (SSSR count). The number of benzene rings is 1. The number of halogens is 1. The lowest BCUT2D eigenvalue weighted by Gasteiger charge is -2.17. The molecule has 1 aromatic carbocycles. The Hall–Kier alpha value is -0.910. The van der Waals surface area contributed by atoms with Gasteiger partial charge >= 0.3 is 6.03 Å². The SMILES string of the molecule is CCSCCC(C)NC(=O)NCC(O)c1ccccc1Cl. The molecule has 0 aliphatic rings. The van der Waals surface area contributed by atoms with Crippen molar-refractivity contribution in [2.24, 2.45) is 0 Å². The Labute approximate surface area is 135 Å². The Bertz CT molecular complexity index is 445. The van der Waals surface area contributed by atoms with Crippen LogP contribution in [0.2, 0.25) is 5.02 Å². The average Bonchev–Trinajstić information content (AvgIpc) is 2.45. The quantitative estimate of drug-likeness (QED) is 0.641. The summed E-state index contributed by atoms with van der Waals surface area (Å²) < 4.78 is 0. The van der Waals surface area contributed by atoms with Gasteiger partial charge < -0.3 is 15.7 Å². The fourth-order valence-corrected chi connectivity index (χ4v) is 2.87. The van der Waals surface area contributed by atoms with Crippen molar-refractivity contribution in [1.29, 1.82) is 0 Å². The summed E-state index contributed by atoms with van der Waals surface area (Å²) in [5.41, 5.74) is 0.617. The van der Waals surface area contributed by atoms with E-state index < -0.39 is 6.10 Å². The van der Waals surface area contributed by atoms with Gasteiger partial charge in [-0.3, -0.25) is 0 Å². The fourth-order valence-electron chi connectivity index (χ4n) is 1.80. The maximum atomic E-state index is 11.7. The molecule has 6 heteroatoms. The van der Waals surface area contributed by atoms with Crippen LogP contribution in [0.25, 0.3) is 0 Å². The first-order valence-corrected chi connectivity index (χ1v) is 8.62. The van der Waals surface area contributed by atoms with Gasteiger partial charge in [0, 0.05) is 23.2 Å². The molecule has 0 saturated heterocycles. The summed E-state index contributed by atoms with van der Waals surface area (Å²) in [5, 5.41) is 16.0. The molecule has 0 aromatic heterocycles. The molecule has 3 N–H and O–H groups in total. The number of aliphatic hydroxyl groups is 1. The molecule has 0 radical (unpaired) electrons. The third-order valence-electron chi connectivity index (χ3n) is 3.00. The predicted molar refractivity (Wildman–Crippen MR) is 90.0 cm³/mol. The van der Waals surface area contributed by atoms with Gasteiger partial charge in [0.05, 0.1) is 6.10 Å². The molecule has 118 valence electrons. The van der Waals surface area contributed by atoms with E-state index in [0.717, 1.165) is 17.9 Å². The standard InChI is InChI=1S/C15H23ClN2O2S/c1-3-21-9-8-11(2)18-15(20)17-10-14(19)12-6-4-5-7-13(12)16/h4-7,11,14,19H,3,8-10H2,1-2H3,(H2,17,18,20). The number of hydrogen-bond donors (Lipinski definition) is 3. The van der Waals surface area contributed by atoms with Crippen LogP contribution >= 0.6 is 23.4 Å². The maximum Gasteiger partial charge on any atom is 0.315 e. The second-order valence-corrected chi connectivity index (χ2v) is 6.58. The number of aliphatic hydroxyl groups excluding tert-OH is 1. The normalized spacial score (nSPS) is 13.5. The van der Waals surface area contributed by atoms with Crippen LogP contribution in [0.15, 0.2) is 24.3 Å². The van der Waals surface area contributed by atoms with E-state index in [9.17, 15) is 9.90 Å². The van der Waals surface area contributed by atoms with Crippen LogP contribution in [0.1, 0.15) is 31.9 Å². The number of rotatable bonds is 8. The highest BCUT2D eigenvalue weighted by Gasteiger charge is 2.13. The van der Waals surface area contributed by atoms with E-state index in [-0.39, 0.29) is 18.6 Å². The monoisotopic (exact) mass is 330 g/mol. The van der Waals surface area contributed by atoms with Crippen LogP contribution in [0.3, 0.4) is 0 Å². The summed E-state index contributed by atoms with van der Waals surface area (Å²) in [6, 6.07) is 6.91. The molecule has 4 nitrogen and oxygen atoms in total. The molecule has 0 aliphatic heterocycles. The Morgan fingerprint density at radius 2 is 2.14 bits per heavy atom. The van der Waals surface area contributed by atoms with Gasteiger partial charge in [-0.25, -0.2) is 4.79 Å². The van der Waals surface area contributed by atoms with Gasteiger partial charge in [-0.2, -0.15) is 11.8 Å². The lowest BCUT2D eigenvalue weighted by Crippen LogP contribution is -2.42. The molecule has 2 atom stereocenters. The molecule has 0 bridgehead atoms. The number of hydrogen-bond acceptors (Lipinski definition) is 3. The molecule has 2 amide bonds. The number of carbonyl (C=O) groups is 1. The molecule has 21 heavy (non-hydrogen) atoms. The van der Waals surface area contributed by atoms with Gasteiger partial charge in [0.1, 0.15) is 0 Å². The van der Waals surface area contributed by atoms with Crippen LogP contribution in [0.4, 0.5) is 4.79 Å². The Morgan fingerprint density at radius 1 is 1.43 bits per heavy atom. The van der Waals surface area contributed by atoms with Gasteiger partial charge in [-0.05, 0) is 30.9 Å². The fraction of sp³-hybridized carbons (Fsp3) is 0.533. The van der Waals surface area contributed by atoms with Gasteiger partial charge in [0.2, 0.25) is 0 Å². The first-order chi connectivity index (χ1) is 10.0. The number of nitrogens with one attached hydrogen (secondary N) is 2. The first kappa shape index (κ1) is 18.1. The summed E-state index contributed by atoms with van der Waals surface area (Å²) in [4.78, 5) is 11.7. The van der Waals surface area contributed by atoms with Crippen molar-refractivity contribution in [2.75, 3.05) is 18.1 Å². The summed E-state index contributed by atoms with van der Waals surface area (Å²) in [5.74, 6) is 2.11. The molecule has 0 heterocycles. The van der Waals surface area contributed by atoms with E-state index in [0.29, 0.717) is 10.6 Å². The van der Waals surface area contributed by atoms with Crippen molar-refractivity contribution in [3.8, 4) is 0 Å². The van der Waals surface area contributed by atoms with Crippen molar-refractivity contribution >= 4 is 29.4 Å². The molecule has 0 saturated carbocycles. The molecular formula is C15H23ClN2O2S. The largest absolute Gasteiger partial charge is 0.387 e. The summed E-state index contributed by atoms with van der Waals surface area (Å²) >= 11 is 7.85. The maximum absolute atomic E-state index is 11.7. The zero-order valence-electron chi connectivity index (χ0n) is 12.4. The van der Waals surface area contributed by atoms with E-state index in [1.165, 1.54) is 0 Å². The van der Waals surface area contributed by atoms with E-state index in [1.807, 2.05) is 18.7 Å². The van der Waals surface area contributed by atoms with Crippen molar-refractivity contribution in [3.63, 3.8) is 0 Å². The molecular weight excluding hydrogens is 308 g/mol. The van der Waals surface area contributed by atoms with Gasteiger partial charge in [-0.15, -0.1) is 0 Å². The third kappa shape index (κ3) is 7.07. The minimum atomic E-state index is -0.810. The first-order valence-electron chi connectivity index (χ1n) is 7.09. The van der Waals surface area contributed by atoms with Gasteiger partial charge in [-0.1, -0.05) is 36.7 Å². The Kier molecular flexibility index (Phi) is 8.57. The summed E-state index contributed by atoms with van der Waals surface area (Å²) in [6.07, 6.45) is 0.120. The zero-order chi connectivity index (χ0) is 15.7. The topological polar surface area (TPSA) is 61.4 Å². The second kappa shape index (κ2) is 9.92. The zero-order valence-corrected chi connectivity index (χ0v) is 14.0. The van der Waals surface area contributed by atoms with Crippen molar-refractivity contribution in [2.45, 2.75) is 32.4 Å². The van der Waals surface area contributed by atoms with Crippen LogP contribution in [0, 0.1) is 0 Å². The Balaban J connectivity index is 2.31. The highest BCUT2D eigenvalue weighted by Crippen LogP contribution is 2.21. The van der Waals surface area contributed by atoms with Crippen molar-refractivity contribution < 1.29 is 9.90 Å². The van der Waals surface area contributed by atoms with Crippen LogP contribution in [-0.2, 0) is 0 Å². The average molecular weight is 331 g/mol. The lowest BCUT2D eigenvalue weighted by molar-refractivity contribution is 0.172. The second-order valence-electron chi connectivity index (χ2n) is 4.78.